The van der Waals surface area contributed by atoms with E-state index in [1.165, 1.54) is 32.1 Å². The van der Waals surface area contributed by atoms with E-state index in [0.29, 0.717) is 18.5 Å². The molecule has 0 aliphatic heterocycles. The Kier molecular flexibility index (Phi) is 5.06. The number of guanidine groups is 1. The van der Waals surface area contributed by atoms with Crippen molar-refractivity contribution in [3.8, 4) is 0 Å². The van der Waals surface area contributed by atoms with E-state index in [-0.39, 0.29) is 5.60 Å². The molecule has 4 nitrogen and oxygen atoms in total. The van der Waals surface area contributed by atoms with Crippen LogP contribution in [0.15, 0.2) is 4.99 Å². The molecule has 3 N–H and O–H groups in total. The Morgan fingerprint density at radius 2 is 2.00 bits per heavy atom. The van der Waals surface area contributed by atoms with E-state index in [1.807, 2.05) is 13.8 Å². The monoisotopic (exact) mass is 227 g/mol. The SMILES string of the molecule is COC(C)(C)CN=C(N)NC1CCCCC1. The zero-order valence-corrected chi connectivity index (χ0v) is 10.8. The zero-order chi connectivity index (χ0) is 12.0. The van der Waals surface area contributed by atoms with Crippen molar-refractivity contribution in [2.24, 2.45) is 10.7 Å². The lowest BCUT2D eigenvalue weighted by molar-refractivity contribution is 0.0311. The molecule has 16 heavy (non-hydrogen) atoms. The molecule has 1 rings (SSSR count). The Hall–Kier alpha value is -0.770. The molecule has 0 aromatic heterocycles. The number of rotatable bonds is 4. The van der Waals surface area contributed by atoms with Crippen LogP contribution in [0.5, 0.6) is 0 Å². The fourth-order valence-corrected chi connectivity index (χ4v) is 1.84. The summed E-state index contributed by atoms with van der Waals surface area (Å²) in [4.78, 5) is 4.32. The van der Waals surface area contributed by atoms with Gasteiger partial charge in [-0.05, 0) is 26.7 Å². The lowest BCUT2D eigenvalue weighted by atomic mass is 9.96. The molecule has 0 aromatic rings. The summed E-state index contributed by atoms with van der Waals surface area (Å²) in [7, 11) is 1.69. The number of hydrogen-bond acceptors (Lipinski definition) is 2. The molecule has 0 aromatic carbocycles. The Labute approximate surface area is 98.6 Å². The van der Waals surface area contributed by atoms with Crippen LogP contribution in [0, 0.1) is 0 Å². The van der Waals surface area contributed by atoms with Gasteiger partial charge in [0, 0.05) is 13.2 Å². The molecule has 1 aliphatic carbocycles. The van der Waals surface area contributed by atoms with Crippen LogP contribution in [0.3, 0.4) is 0 Å². The first-order valence-electron chi connectivity index (χ1n) is 6.15. The highest BCUT2D eigenvalue weighted by Crippen LogP contribution is 2.17. The quantitative estimate of drug-likeness (QED) is 0.567. The second-order valence-corrected chi connectivity index (χ2v) is 5.14. The summed E-state index contributed by atoms with van der Waals surface area (Å²) in [5.74, 6) is 0.553. The molecule has 0 saturated heterocycles. The summed E-state index contributed by atoms with van der Waals surface area (Å²) in [6.07, 6.45) is 6.38. The molecule has 0 spiro atoms. The third-order valence-corrected chi connectivity index (χ3v) is 3.14. The van der Waals surface area contributed by atoms with Gasteiger partial charge in [0.1, 0.15) is 0 Å². The molecular formula is C12H25N3O. The van der Waals surface area contributed by atoms with Gasteiger partial charge >= 0.3 is 0 Å². The first kappa shape index (κ1) is 13.3. The van der Waals surface area contributed by atoms with Gasteiger partial charge in [-0.15, -0.1) is 0 Å². The Morgan fingerprint density at radius 1 is 1.38 bits per heavy atom. The fraction of sp³-hybridized carbons (Fsp3) is 0.917. The molecule has 0 unspecified atom stereocenters. The average molecular weight is 227 g/mol. The first-order chi connectivity index (χ1) is 7.53. The van der Waals surface area contributed by atoms with Crippen LogP contribution in [-0.2, 0) is 4.74 Å². The molecule has 4 heteroatoms. The van der Waals surface area contributed by atoms with Gasteiger partial charge in [-0.25, -0.2) is 0 Å². The average Bonchev–Trinajstić information content (AvgIpc) is 2.28. The lowest BCUT2D eigenvalue weighted by Crippen LogP contribution is -2.42. The maximum absolute atomic E-state index is 5.85. The second kappa shape index (κ2) is 6.09. The van der Waals surface area contributed by atoms with Crippen molar-refractivity contribution in [2.45, 2.75) is 57.6 Å². The van der Waals surface area contributed by atoms with E-state index in [9.17, 15) is 0 Å². The Balaban J connectivity index is 2.32. The first-order valence-corrected chi connectivity index (χ1v) is 6.15. The minimum Gasteiger partial charge on any atom is -0.377 e. The smallest absolute Gasteiger partial charge is 0.188 e. The maximum Gasteiger partial charge on any atom is 0.188 e. The van der Waals surface area contributed by atoms with Gasteiger partial charge in [0.05, 0.1) is 12.1 Å². The second-order valence-electron chi connectivity index (χ2n) is 5.14. The molecule has 0 bridgehead atoms. The molecule has 0 atom stereocenters. The number of hydrogen-bond donors (Lipinski definition) is 2. The maximum atomic E-state index is 5.85. The number of methoxy groups -OCH3 is 1. The summed E-state index contributed by atoms with van der Waals surface area (Å²) in [6.45, 7) is 4.60. The molecule has 1 aliphatic rings. The van der Waals surface area contributed by atoms with Gasteiger partial charge in [-0.3, -0.25) is 4.99 Å². The zero-order valence-electron chi connectivity index (χ0n) is 10.8. The fourth-order valence-electron chi connectivity index (χ4n) is 1.84. The highest BCUT2D eigenvalue weighted by molar-refractivity contribution is 5.78. The molecule has 1 fully saturated rings. The van der Waals surface area contributed by atoms with E-state index in [1.54, 1.807) is 7.11 Å². The Bertz CT molecular complexity index is 232. The number of nitrogens with one attached hydrogen (secondary N) is 1. The molecule has 0 radical (unpaired) electrons. The largest absolute Gasteiger partial charge is 0.377 e. The number of nitrogens with zero attached hydrogens (tertiary/aromatic N) is 1. The van der Waals surface area contributed by atoms with Gasteiger partial charge in [-0.2, -0.15) is 0 Å². The van der Waals surface area contributed by atoms with E-state index in [2.05, 4.69) is 10.3 Å². The van der Waals surface area contributed by atoms with Crippen molar-refractivity contribution < 1.29 is 4.74 Å². The van der Waals surface area contributed by atoms with E-state index in [4.69, 9.17) is 10.5 Å². The van der Waals surface area contributed by atoms with Gasteiger partial charge < -0.3 is 15.8 Å². The normalized spacial score (nSPS) is 19.8. The van der Waals surface area contributed by atoms with Crippen LogP contribution >= 0.6 is 0 Å². The van der Waals surface area contributed by atoms with Crippen LogP contribution in [0.1, 0.15) is 46.0 Å². The molecule has 1 saturated carbocycles. The minimum atomic E-state index is -0.237. The van der Waals surface area contributed by atoms with Crippen LogP contribution in [0.4, 0.5) is 0 Å². The van der Waals surface area contributed by atoms with Crippen molar-refractivity contribution in [1.82, 2.24) is 5.32 Å². The van der Waals surface area contributed by atoms with Crippen molar-refractivity contribution in [1.29, 1.82) is 0 Å². The van der Waals surface area contributed by atoms with Crippen LogP contribution in [0.2, 0.25) is 0 Å². The number of nitrogens with two attached hydrogens (primary N) is 1. The lowest BCUT2D eigenvalue weighted by Gasteiger charge is -2.24. The summed E-state index contributed by atoms with van der Waals surface area (Å²) in [5, 5.41) is 3.29. The molecule has 94 valence electrons. The predicted octanol–water partition coefficient (Wildman–Crippen LogP) is 1.65. The van der Waals surface area contributed by atoms with Crippen LogP contribution < -0.4 is 11.1 Å². The highest BCUT2D eigenvalue weighted by Gasteiger charge is 2.17. The number of ether oxygens (including phenoxy) is 1. The number of aliphatic imine (C=N–C) groups is 1. The highest BCUT2D eigenvalue weighted by atomic mass is 16.5. The van der Waals surface area contributed by atoms with Crippen molar-refractivity contribution in [3.05, 3.63) is 0 Å². The van der Waals surface area contributed by atoms with Crippen molar-refractivity contribution >= 4 is 5.96 Å². The summed E-state index contributed by atoms with van der Waals surface area (Å²) in [6, 6.07) is 0.517. The van der Waals surface area contributed by atoms with Crippen molar-refractivity contribution in [3.63, 3.8) is 0 Å². The van der Waals surface area contributed by atoms with Crippen LogP contribution in [-0.4, -0.2) is 31.3 Å². The molecular weight excluding hydrogens is 202 g/mol. The summed E-state index contributed by atoms with van der Waals surface area (Å²) in [5.41, 5.74) is 5.61. The third kappa shape index (κ3) is 4.84. The standard InChI is InChI=1S/C12H25N3O/c1-12(2,16-3)9-14-11(13)15-10-7-5-4-6-8-10/h10H,4-9H2,1-3H3,(H3,13,14,15). The van der Waals surface area contributed by atoms with Gasteiger partial charge in [0.25, 0.3) is 0 Å². The van der Waals surface area contributed by atoms with Gasteiger partial charge in [0.15, 0.2) is 5.96 Å². The topological polar surface area (TPSA) is 59.6 Å². The van der Waals surface area contributed by atoms with Gasteiger partial charge in [0.2, 0.25) is 0 Å². The van der Waals surface area contributed by atoms with Crippen LogP contribution in [0.25, 0.3) is 0 Å². The third-order valence-electron chi connectivity index (χ3n) is 3.14. The van der Waals surface area contributed by atoms with Crippen molar-refractivity contribution in [2.75, 3.05) is 13.7 Å². The summed E-state index contributed by atoms with van der Waals surface area (Å²) < 4.78 is 5.29. The van der Waals surface area contributed by atoms with E-state index >= 15 is 0 Å². The summed E-state index contributed by atoms with van der Waals surface area (Å²) >= 11 is 0. The Morgan fingerprint density at radius 3 is 2.56 bits per heavy atom. The predicted molar refractivity (Wildman–Crippen MR) is 67.6 cm³/mol. The van der Waals surface area contributed by atoms with E-state index in [0.717, 1.165) is 0 Å². The minimum absolute atomic E-state index is 0.237. The van der Waals surface area contributed by atoms with Gasteiger partial charge in [-0.1, -0.05) is 19.3 Å². The molecule has 0 heterocycles. The molecule has 0 amide bonds. The van der Waals surface area contributed by atoms with E-state index < -0.39 is 0 Å².